The molecule has 3 aromatic carbocycles. The molecule has 6 heteroatoms. The van der Waals surface area contributed by atoms with Gasteiger partial charge in [0.05, 0.1) is 11.6 Å². The summed E-state index contributed by atoms with van der Waals surface area (Å²) in [6.07, 6.45) is 0.220. The van der Waals surface area contributed by atoms with E-state index >= 15 is 0 Å². The molecule has 1 fully saturated rings. The SMILES string of the molecule is Cc1ccc(N2CC(C(=O)Nc3ccc(-c4nc(-c5ccccc5)sc4C)cc3)CC2=O)cc1. The summed E-state index contributed by atoms with van der Waals surface area (Å²) in [6.45, 7) is 4.48. The number of nitrogens with one attached hydrogen (secondary N) is 1. The normalized spacial score (nSPS) is 15.5. The Labute approximate surface area is 203 Å². The molecule has 4 aromatic rings. The number of hydrogen-bond donors (Lipinski definition) is 1. The monoisotopic (exact) mass is 467 g/mol. The van der Waals surface area contributed by atoms with Crippen LogP contribution >= 0.6 is 11.3 Å². The lowest BCUT2D eigenvalue weighted by Crippen LogP contribution is -2.28. The van der Waals surface area contributed by atoms with E-state index in [-0.39, 0.29) is 24.2 Å². The summed E-state index contributed by atoms with van der Waals surface area (Å²) in [6, 6.07) is 25.7. The molecular weight excluding hydrogens is 442 g/mol. The van der Waals surface area contributed by atoms with Gasteiger partial charge in [-0.1, -0.05) is 60.2 Å². The second-order valence-corrected chi connectivity index (χ2v) is 9.80. The Morgan fingerprint density at radius 1 is 0.941 bits per heavy atom. The van der Waals surface area contributed by atoms with Crippen molar-refractivity contribution in [1.82, 2.24) is 4.98 Å². The summed E-state index contributed by atoms with van der Waals surface area (Å²) in [7, 11) is 0. The molecule has 1 saturated heterocycles. The van der Waals surface area contributed by atoms with E-state index in [1.165, 1.54) is 0 Å². The van der Waals surface area contributed by atoms with Crippen LogP contribution in [0.2, 0.25) is 0 Å². The van der Waals surface area contributed by atoms with E-state index < -0.39 is 0 Å². The Morgan fingerprint density at radius 2 is 1.65 bits per heavy atom. The van der Waals surface area contributed by atoms with Crippen molar-refractivity contribution >= 4 is 34.5 Å². The number of carbonyl (C=O) groups is 2. The standard InChI is InChI=1S/C28H25N3O2S/c1-18-8-14-24(15-9-18)31-17-22(16-25(31)32)27(33)29-23-12-10-20(11-13-23)26-19(2)34-28(30-26)21-6-4-3-5-7-21/h3-15,22H,16-17H2,1-2H3,(H,29,33). The lowest BCUT2D eigenvalue weighted by Gasteiger charge is -2.17. The number of nitrogens with zero attached hydrogens (tertiary/aromatic N) is 2. The van der Waals surface area contributed by atoms with E-state index in [1.54, 1.807) is 16.2 Å². The van der Waals surface area contributed by atoms with Crippen LogP contribution in [0.5, 0.6) is 0 Å². The molecule has 0 saturated carbocycles. The number of benzene rings is 3. The van der Waals surface area contributed by atoms with Gasteiger partial charge in [0.15, 0.2) is 0 Å². The minimum absolute atomic E-state index is 0.0208. The highest BCUT2D eigenvalue weighted by atomic mass is 32.1. The molecule has 0 bridgehead atoms. The third kappa shape index (κ3) is 4.50. The molecule has 1 aliphatic rings. The summed E-state index contributed by atoms with van der Waals surface area (Å²) >= 11 is 1.68. The van der Waals surface area contributed by atoms with Crippen molar-refractivity contribution in [2.45, 2.75) is 20.3 Å². The Morgan fingerprint density at radius 3 is 2.35 bits per heavy atom. The molecule has 0 radical (unpaired) electrons. The fraction of sp³-hybridized carbons (Fsp3) is 0.179. The number of aryl methyl sites for hydroxylation is 2. The molecule has 1 atom stereocenters. The van der Waals surface area contributed by atoms with Crippen LogP contribution < -0.4 is 10.2 Å². The molecular formula is C28H25N3O2S. The topological polar surface area (TPSA) is 62.3 Å². The first-order valence-electron chi connectivity index (χ1n) is 11.3. The number of anilines is 2. The maximum atomic E-state index is 12.9. The summed E-state index contributed by atoms with van der Waals surface area (Å²) < 4.78 is 0. The average Bonchev–Trinajstić information content (AvgIpc) is 3.44. The zero-order valence-corrected chi connectivity index (χ0v) is 19.9. The number of rotatable bonds is 5. The predicted octanol–water partition coefficient (Wildman–Crippen LogP) is 6.09. The van der Waals surface area contributed by atoms with Crippen LogP contribution in [0, 0.1) is 19.8 Å². The van der Waals surface area contributed by atoms with Gasteiger partial charge in [-0.15, -0.1) is 11.3 Å². The van der Waals surface area contributed by atoms with Gasteiger partial charge in [0.2, 0.25) is 11.8 Å². The van der Waals surface area contributed by atoms with Gasteiger partial charge in [0.25, 0.3) is 0 Å². The highest BCUT2D eigenvalue weighted by Gasteiger charge is 2.35. The van der Waals surface area contributed by atoms with Gasteiger partial charge in [0.1, 0.15) is 5.01 Å². The molecule has 1 aromatic heterocycles. The molecule has 2 amide bonds. The highest BCUT2D eigenvalue weighted by molar-refractivity contribution is 7.15. The van der Waals surface area contributed by atoms with Crippen LogP contribution in [0.4, 0.5) is 11.4 Å². The maximum Gasteiger partial charge on any atom is 0.229 e. The lowest BCUT2D eigenvalue weighted by atomic mass is 10.1. The largest absolute Gasteiger partial charge is 0.326 e. The van der Waals surface area contributed by atoms with Crippen LogP contribution in [-0.2, 0) is 9.59 Å². The summed E-state index contributed by atoms with van der Waals surface area (Å²) in [4.78, 5) is 33.1. The van der Waals surface area contributed by atoms with Crippen molar-refractivity contribution in [3.8, 4) is 21.8 Å². The van der Waals surface area contributed by atoms with Crippen LogP contribution in [0.25, 0.3) is 21.8 Å². The van der Waals surface area contributed by atoms with Crippen molar-refractivity contribution in [3.05, 3.63) is 89.3 Å². The minimum Gasteiger partial charge on any atom is -0.326 e. The van der Waals surface area contributed by atoms with Gasteiger partial charge < -0.3 is 10.2 Å². The summed E-state index contributed by atoms with van der Waals surface area (Å²) in [5, 5.41) is 3.97. The molecule has 5 rings (SSSR count). The van der Waals surface area contributed by atoms with Crippen molar-refractivity contribution in [2.75, 3.05) is 16.8 Å². The first kappa shape index (κ1) is 22.0. The lowest BCUT2D eigenvalue weighted by molar-refractivity contribution is -0.122. The molecule has 0 aliphatic carbocycles. The van der Waals surface area contributed by atoms with E-state index in [0.717, 1.165) is 38.0 Å². The summed E-state index contributed by atoms with van der Waals surface area (Å²) in [5.74, 6) is -0.526. The van der Waals surface area contributed by atoms with E-state index in [9.17, 15) is 9.59 Å². The third-order valence-corrected chi connectivity index (χ3v) is 7.10. The zero-order chi connectivity index (χ0) is 23.7. The van der Waals surface area contributed by atoms with Crippen LogP contribution in [-0.4, -0.2) is 23.3 Å². The van der Waals surface area contributed by atoms with Crippen molar-refractivity contribution in [2.24, 2.45) is 5.92 Å². The fourth-order valence-electron chi connectivity index (χ4n) is 4.18. The van der Waals surface area contributed by atoms with Gasteiger partial charge in [-0.2, -0.15) is 0 Å². The van der Waals surface area contributed by atoms with Crippen LogP contribution in [0.15, 0.2) is 78.9 Å². The van der Waals surface area contributed by atoms with Crippen molar-refractivity contribution in [1.29, 1.82) is 0 Å². The Kier molecular flexibility index (Phi) is 5.99. The summed E-state index contributed by atoms with van der Waals surface area (Å²) in [5.41, 5.74) is 5.76. The molecule has 1 aliphatic heterocycles. The van der Waals surface area contributed by atoms with Gasteiger partial charge in [-0.25, -0.2) is 4.98 Å². The Bertz CT molecular complexity index is 1330. The average molecular weight is 468 g/mol. The highest BCUT2D eigenvalue weighted by Crippen LogP contribution is 2.34. The first-order chi connectivity index (χ1) is 16.5. The number of thiazole rings is 1. The Hall–Kier alpha value is -3.77. The predicted molar refractivity (Wildman–Crippen MR) is 138 cm³/mol. The molecule has 5 nitrogen and oxygen atoms in total. The smallest absolute Gasteiger partial charge is 0.229 e. The van der Waals surface area contributed by atoms with Crippen molar-refractivity contribution in [3.63, 3.8) is 0 Å². The van der Waals surface area contributed by atoms with Gasteiger partial charge in [0, 0.05) is 40.3 Å². The second-order valence-electron chi connectivity index (χ2n) is 8.60. The maximum absolute atomic E-state index is 12.9. The molecule has 34 heavy (non-hydrogen) atoms. The molecule has 0 spiro atoms. The Balaban J connectivity index is 1.26. The number of amides is 2. The minimum atomic E-state index is -0.373. The van der Waals surface area contributed by atoms with E-state index in [0.29, 0.717) is 12.2 Å². The van der Waals surface area contributed by atoms with Gasteiger partial charge >= 0.3 is 0 Å². The van der Waals surface area contributed by atoms with Crippen LogP contribution in [0.1, 0.15) is 16.9 Å². The molecule has 170 valence electrons. The fourth-order valence-corrected chi connectivity index (χ4v) is 5.12. The van der Waals surface area contributed by atoms with Gasteiger partial charge in [-0.3, -0.25) is 9.59 Å². The van der Waals surface area contributed by atoms with E-state index in [4.69, 9.17) is 4.98 Å². The number of hydrogen-bond acceptors (Lipinski definition) is 4. The molecule has 1 unspecified atom stereocenters. The number of carbonyl (C=O) groups excluding carboxylic acids is 2. The first-order valence-corrected chi connectivity index (χ1v) is 12.1. The van der Waals surface area contributed by atoms with Gasteiger partial charge in [-0.05, 0) is 38.1 Å². The zero-order valence-electron chi connectivity index (χ0n) is 19.1. The quantitative estimate of drug-likeness (QED) is 0.387. The van der Waals surface area contributed by atoms with Crippen molar-refractivity contribution < 1.29 is 9.59 Å². The number of aromatic nitrogens is 1. The third-order valence-electron chi connectivity index (χ3n) is 6.08. The van der Waals surface area contributed by atoms with E-state index in [1.807, 2.05) is 73.7 Å². The molecule has 2 heterocycles. The van der Waals surface area contributed by atoms with Crippen LogP contribution in [0.3, 0.4) is 0 Å². The molecule has 1 N–H and O–H groups in total. The second kappa shape index (κ2) is 9.23. The van der Waals surface area contributed by atoms with E-state index in [2.05, 4.69) is 24.4 Å².